The molecule has 1 aliphatic heterocycles. The Kier molecular flexibility index (Phi) is 6.06. The number of para-hydroxylation sites is 1. The van der Waals surface area contributed by atoms with Gasteiger partial charge in [-0.15, -0.1) is 0 Å². The number of rotatable bonds is 4. The van der Waals surface area contributed by atoms with Gasteiger partial charge >= 0.3 is 0 Å². The summed E-state index contributed by atoms with van der Waals surface area (Å²) in [5.74, 6) is 0. The van der Waals surface area contributed by atoms with Crippen molar-refractivity contribution in [3.8, 4) is 5.69 Å². The fraction of sp³-hybridized carbons (Fsp3) is 0.240. The molecule has 0 atom stereocenters. The second-order valence-electron chi connectivity index (χ2n) is 8.25. The number of halogens is 2. The molecule has 5 rings (SSSR count). The predicted molar refractivity (Wildman–Crippen MR) is 134 cm³/mol. The van der Waals surface area contributed by atoms with Gasteiger partial charge in [-0.2, -0.15) is 9.78 Å². The minimum atomic E-state index is -0.349. The van der Waals surface area contributed by atoms with E-state index in [0.717, 1.165) is 49.2 Å². The average molecular weight is 480 g/mol. The minimum absolute atomic E-state index is 0.174. The Morgan fingerprint density at radius 2 is 1.79 bits per heavy atom. The molecule has 168 valence electrons. The molecule has 0 spiro atoms. The van der Waals surface area contributed by atoms with Crippen molar-refractivity contribution in [2.45, 2.75) is 13.5 Å². The smallest absolute Gasteiger partial charge is 0.292 e. The van der Waals surface area contributed by atoms with Gasteiger partial charge in [0.25, 0.3) is 5.56 Å². The largest absolute Gasteiger partial charge is 0.366 e. The number of nitrogens with zero attached hydrogens (tertiary/aromatic N) is 5. The van der Waals surface area contributed by atoms with Gasteiger partial charge < -0.3 is 4.90 Å². The highest BCUT2D eigenvalue weighted by Gasteiger charge is 2.22. The van der Waals surface area contributed by atoms with E-state index in [0.29, 0.717) is 16.4 Å². The molecule has 0 amide bonds. The Hall–Kier alpha value is -2.93. The summed E-state index contributed by atoms with van der Waals surface area (Å²) in [6, 6.07) is 15.8. The molecule has 1 aliphatic rings. The number of aryl methyl sites for hydroxylation is 1. The summed E-state index contributed by atoms with van der Waals surface area (Å²) in [5.41, 5.74) is 4.13. The highest BCUT2D eigenvalue weighted by atomic mass is 35.5. The van der Waals surface area contributed by atoms with Crippen molar-refractivity contribution in [1.82, 2.24) is 19.7 Å². The zero-order valence-corrected chi connectivity index (χ0v) is 19.7. The first-order valence-electron chi connectivity index (χ1n) is 10.9. The van der Waals surface area contributed by atoms with E-state index in [1.807, 2.05) is 31.3 Å². The number of aromatic nitrogens is 3. The number of fused-ring (bicyclic) bond motifs is 1. The Bertz CT molecular complexity index is 1370. The van der Waals surface area contributed by atoms with E-state index >= 15 is 0 Å². The van der Waals surface area contributed by atoms with Crippen LogP contribution in [0, 0.1) is 6.92 Å². The Morgan fingerprint density at radius 1 is 1.00 bits per heavy atom. The maximum atomic E-state index is 12.9. The van der Waals surface area contributed by atoms with Crippen molar-refractivity contribution < 1.29 is 0 Å². The molecule has 4 aromatic rings. The second-order valence-corrected chi connectivity index (χ2v) is 9.03. The maximum absolute atomic E-state index is 12.9. The maximum Gasteiger partial charge on any atom is 0.292 e. The van der Waals surface area contributed by atoms with Crippen LogP contribution in [0.25, 0.3) is 16.6 Å². The predicted octanol–water partition coefficient (Wildman–Crippen LogP) is 4.72. The number of anilines is 1. The van der Waals surface area contributed by atoms with Gasteiger partial charge in [0.1, 0.15) is 5.02 Å². The van der Waals surface area contributed by atoms with Gasteiger partial charge in [-0.25, -0.2) is 0 Å². The molecule has 0 aliphatic carbocycles. The number of benzene rings is 2. The molecule has 0 N–H and O–H groups in total. The monoisotopic (exact) mass is 479 g/mol. The van der Waals surface area contributed by atoms with E-state index in [2.05, 4.69) is 44.1 Å². The van der Waals surface area contributed by atoms with Crippen molar-refractivity contribution in [2.24, 2.45) is 0 Å². The molecule has 0 radical (unpaired) electrons. The molecule has 3 heterocycles. The number of pyridine rings is 1. The van der Waals surface area contributed by atoms with E-state index in [1.54, 1.807) is 12.3 Å². The standard InChI is InChI=1S/C25H23Cl2N5O/c1-17-7-8-20(14-21(17)26)32-25(33)23(27)22(15-29-32)31-12-10-30(11-13-31)16-19-5-2-4-18-6-3-9-28-24(18)19/h2-9,14-15H,10-13,16H2,1H3. The first-order valence-corrected chi connectivity index (χ1v) is 11.6. The van der Waals surface area contributed by atoms with Crippen LogP contribution in [-0.2, 0) is 6.54 Å². The lowest BCUT2D eigenvalue weighted by Gasteiger charge is -2.36. The Balaban J connectivity index is 1.31. The van der Waals surface area contributed by atoms with Gasteiger partial charge in [0.05, 0.1) is 23.1 Å². The highest BCUT2D eigenvalue weighted by molar-refractivity contribution is 6.33. The first kappa shape index (κ1) is 21.9. The van der Waals surface area contributed by atoms with Crippen molar-refractivity contribution in [3.05, 3.63) is 92.5 Å². The fourth-order valence-electron chi connectivity index (χ4n) is 4.22. The molecule has 8 heteroatoms. The summed E-state index contributed by atoms with van der Waals surface area (Å²) in [7, 11) is 0. The third-order valence-corrected chi connectivity index (χ3v) is 6.89. The summed E-state index contributed by atoms with van der Waals surface area (Å²) >= 11 is 12.7. The SMILES string of the molecule is Cc1ccc(-n2ncc(N3CCN(Cc4cccc5cccnc45)CC3)c(Cl)c2=O)cc1Cl. The lowest BCUT2D eigenvalue weighted by Crippen LogP contribution is -2.46. The number of piperazine rings is 1. The topological polar surface area (TPSA) is 54.3 Å². The van der Waals surface area contributed by atoms with Crippen LogP contribution in [0.5, 0.6) is 0 Å². The number of hydrogen-bond donors (Lipinski definition) is 0. The van der Waals surface area contributed by atoms with Crippen LogP contribution in [-0.4, -0.2) is 45.8 Å². The summed E-state index contributed by atoms with van der Waals surface area (Å²) in [5, 5.41) is 6.29. The molecule has 0 bridgehead atoms. The van der Waals surface area contributed by atoms with Gasteiger partial charge in [-0.1, -0.05) is 53.5 Å². The van der Waals surface area contributed by atoms with Crippen molar-refractivity contribution >= 4 is 39.8 Å². The summed E-state index contributed by atoms with van der Waals surface area (Å²) in [4.78, 5) is 22.0. The molecular formula is C25H23Cl2N5O. The molecule has 1 saturated heterocycles. The van der Waals surface area contributed by atoms with Crippen LogP contribution < -0.4 is 10.5 Å². The van der Waals surface area contributed by atoms with E-state index in [-0.39, 0.29) is 10.6 Å². The fourth-order valence-corrected chi connectivity index (χ4v) is 4.65. The van der Waals surface area contributed by atoms with Gasteiger partial charge in [0.15, 0.2) is 0 Å². The van der Waals surface area contributed by atoms with Crippen molar-refractivity contribution in [2.75, 3.05) is 31.1 Å². The van der Waals surface area contributed by atoms with Crippen LogP contribution in [0.3, 0.4) is 0 Å². The average Bonchev–Trinajstić information content (AvgIpc) is 2.84. The van der Waals surface area contributed by atoms with Crippen LogP contribution in [0.4, 0.5) is 5.69 Å². The molecule has 0 unspecified atom stereocenters. The normalized spacial score (nSPS) is 14.7. The van der Waals surface area contributed by atoms with Gasteiger partial charge in [-0.3, -0.25) is 14.7 Å². The van der Waals surface area contributed by atoms with Crippen LogP contribution in [0.2, 0.25) is 10.0 Å². The summed E-state index contributed by atoms with van der Waals surface area (Å²) < 4.78 is 1.29. The summed E-state index contributed by atoms with van der Waals surface area (Å²) in [6.45, 7) is 5.99. The highest BCUT2D eigenvalue weighted by Crippen LogP contribution is 2.25. The van der Waals surface area contributed by atoms with Crippen LogP contribution in [0.1, 0.15) is 11.1 Å². The number of hydrogen-bond acceptors (Lipinski definition) is 5. The molecule has 33 heavy (non-hydrogen) atoms. The van der Waals surface area contributed by atoms with Crippen LogP contribution in [0.15, 0.2) is 65.7 Å². The van der Waals surface area contributed by atoms with E-state index in [1.165, 1.54) is 10.2 Å². The van der Waals surface area contributed by atoms with Crippen molar-refractivity contribution in [3.63, 3.8) is 0 Å². The Morgan fingerprint density at radius 3 is 2.58 bits per heavy atom. The summed E-state index contributed by atoms with van der Waals surface area (Å²) in [6.07, 6.45) is 3.51. The zero-order chi connectivity index (χ0) is 22.9. The molecule has 2 aromatic heterocycles. The second kappa shape index (κ2) is 9.14. The lowest BCUT2D eigenvalue weighted by atomic mass is 10.1. The van der Waals surface area contributed by atoms with E-state index in [4.69, 9.17) is 23.2 Å². The zero-order valence-electron chi connectivity index (χ0n) is 18.2. The molecule has 0 saturated carbocycles. The minimum Gasteiger partial charge on any atom is -0.366 e. The van der Waals surface area contributed by atoms with Crippen molar-refractivity contribution in [1.29, 1.82) is 0 Å². The van der Waals surface area contributed by atoms with E-state index < -0.39 is 0 Å². The van der Waals surface area contributed by atoms with Crippen LogP contribution >= 0.6 is 23.2 Å². The van der Waals surface area contributed by atoms with Gasteiger partial charge in [-0.05, 0) is 36.2 Å². The molecule has 6 nitrogen and oxygen atoms in total. The van der Waals surface area contributed by atoms with Gasteiger partial charge in [0.2, 0.25) is 0 Å². The molecular weight excluding hydrogens is 457 g/mol. The van der Waals surface area contributed by atoms with E-state index in [9.17, 15) is 4.79 Å². The Labute approximate surface area is 202 Å². The quantitative estimate of drug-likeness (QED) is 0.423. The third kappa shape index (κ3) is 4.34. The first-order chi connectivity index (χ1) is 16.0. The van der Waals surface area contributed by atoms with Gasteiger partial charge in [0, 0.05) is 49.3 Å². The third-order valence-electron chi connectivity index (χ3n) is 6.12. The molecule has 2 aromatic carbocycles. The molecule has 1 fully saturated rings. The lowest BCUT2D eigenvalue weighted by molar-refractivity contribution is 0.250.